The summed E-state index contributed by atoms with van der Waals surface area (Å²) in [5.74, 6) is 0. The molecule has 0 spiro atoms. The molecular weight excluding hydrogens is 725 g/mol. The number of hydrogen-bond donors (Lipinski definition) is 0. The molecule has 0 bridgehead atoms. The Morgan fingerprint density at radius 3 is 1.47 bits per heavy atom. The lowest BCUT2D eigenvalue weighted by molar-refractivity contribution is 0.661. The van der Waals surface area contributed by atoms with Gasteiger partial charge in [0.25, 0.3) is 0 Å². The third-order valence-corrected chi connectivity index (χ3v) is 13.6. The highest BCUT2D eigenvalue weighted by molar-refractivity contribution is 6.22. The second kappa shape index (κ2) is 12.3. The molecule has 0 atom stereocenters. The summed E-state index contributed by atoms with van der Waals surface area (Å²) in [5.41, 5.74) is 14.7. The van der Waals surface area contributed by atoms with E-state index >= 15 is 0 Å². The van der Waals surface area contributed by atoms with Crippen LogP contribution in [-0.2, 0) is 5.41 Å². The van der Waals surface area contributed by atoms with Crippen molar-refractivity contribution in [2.24, 2.45) is 0 Å². The first kappa shape index (κ1) is 33.5. The van der Waals surface area contributed by atoms with Crippen LogP contribution in [0.3, 0.4) is 0 Å². The van der Waals surface area contributed by atoms with E-state index < -0.39 is 0 Å². The van der Waals surface area contributed by atoms with Gasteiger partial charge in [-0.25, -0.2) is 0 Å². The molecule has 0 saturated heterocycles. The minimum absolute atomic E-state index is 0.109. The topological polar surface area (TPSA) is 13.1 Å². The van der Waals surface area contributed by atoms with E-state index in [4.69, 9.17) is 4.42 Å². The summed E-state index contributed by atoms with van der Waals surface area (Å²) >= 11 is 0. The van der Waals surface area contributed by atoms with Gasteiger partial charge in [0.1, 0.15) is 11.2 Å². The van der Waals surface area contributed by atoms with Gasteiger partial charge < -0.3 is 4.42 Å². The monoisotopic (exact) mass is 762 g/mol. The van der Waals surface area contributed by atoms with Crippen LogP contribution < -0.4 is 0 Å². The van der Waals surface area contributed by atoms with Crippen LogP contribution in [0.1, 0.15) is 25.0 Å². The maximum absolute atomic E-state index is 6.28. The van der Waals surface area contributed by atoms with Crippen LogP contribution in [0, 0.1) is 0 Å². The summed E-state index contributed by atoms with van der Waals surface area (Å²) in [5, 5.41) is 14.9. The van der Waals surface area contributed by atoms with Crippen LogP contribution >= 0.6 is 0 Å². The van der Waals surface area contributed by atoms with Crippen LogP contribution in [0.4, 0.5) is 0 Å². The molecule has 12 aromatic rings. The molecule has 280 valence electrons. The summed E-state index contributed by atoms with van der Waals surface area (Å²) in [6, 6.07) is 72.2. The quantitative estimate of drug-likeness (QED) is 0.163. The average Bonchev–Trinajstić information content (AvgIpc) is 3.76. The minimum Gasteiger partial charge on any atom is -0.456 e. The van der Waals surface area contributed by atoms with Crippen molar-refractivity contribution in [3.63, 3.8) is 0 Å². The zero-order valence-electron chi connectivity index (χ0n) is 33.4. The van der Waals surface area contributed by atoms with Crippen LogP contribution in [0.2, 0.25) is 0 Å². The molecule has 0 saturated carbocycles. The fourth-order valence-electron chi connectivity index (χ4n) is 10.6. The van der Waals surface area contributed by atoms with Crippen LogP contribution in [0.5, 0.6) is 0 Å². The van der Waals surface area contributed by atoms with E-state index in [0.29, 0.717) is 0 Å². The van der Waals surface area contributed by atoms with E-state index in [2.05, 4.69) is 202 Å². The van der Waals surface area contributed by atoms with E-state index in [0.717, 1.165) is 16.6 Å². The number of rotatable bonds is 3. The number of benzene rings is 11. The smallest absolute Gasteiger partial charge is 0.136 e. The van der Waals surface area contributed by atoms with Gasteiger partial charge in [-0.15, -0.1) is 0 Å². The highest BCUT2D eigenvalue weighted by Gasteiger charge is 2.36. The number of furan rings is 1. The minimum atomic E-state index is -0.109. The van der Waals surface area contributed by atoms with E-state index in [1.165, 1.54) is 115 Å². The third-order valence-electron chi connectivity index (χ3n) is 13.6. The second-order valence-electron chi connectivity index (χ2n) is 17.3. The third kappa shape index (κ3) is 4.81. The van der Waals surface area contributed by atoms with Gasteiger partial charge >= 0.3 is 0 Å². The highest BCUT2D eigenvalue weighted by Crippen LogP contribution is 2.52. The molecule has 1 nitrogen and oxygen atoms in total. The molecule has 0 N–H and O–H groups in total. The van der Waals surface area contributed by atoms with E-state index in [1.807, 2.05) is 6.07 Å². The first-order chi connectivity index (χ1) is 29.5. The Bertz CT molecular complexity index is 3750. The van der Waals surface area contributed by atoms with Gasteiger partial charge in [0.05, 0.1) is 0 Å². The molecule has 1 aliphatic rings. The van der Waals surface area contributed by atoms with Gasteiger partial charge in [0, 0.05) is 16.2 Å². The highest BCUT2D eigenvalue weighted by atomic mass is 16.3. The number of fused-ring (bicyclic) bond motifs is 11. The second-order valence-corrected chi connectivity index (χ2v) is 17.3. The summed E-state index contributed by atoms with van der Waals surface area (Å²) in [4.78, 5) is 0. The zero-order chi connectivity index (χ0) is 39.7. The van der Waals surface area contributed by atoms with Gasteiger partial charge in [-0.2, -0.15) is 0 Å². The van der Waals surface area contributed by atoms with Crippen molar-refractivity contribution >= 4 is 75.8 Å². The van der Waals surface area contributed by atoms with Crippen molar-refractivity contribution in [2.45, 2.75) is 19.3 Å². The number of para-hydroxylation sites is 1. The predicted octanol–water partition coefficient (Wildman–Crippen LogP) is 16.7. The van der Waals surface area contributed by atoms with Gasteiger partial charge in [-0.1, -0.05) is 153 Å². The lowest BCUT2D eigenvalue weighted by Gasteiger charge is -2.22. The summed E-state index contributed by atoms with van der Waals surface area (Å²) in [7, 11) is 0. The van der Waals surface area contributed by atoms with Crippen LogP contribution in [-0.4, -0.2) is 0 Å². The van der Waals surface area contributed by atoms with Crippen molar-refractivity contribution < 1.29 is 4.42 Å². The van der Waals surface area contributed by atoms with E-state index in [9.17, 15) is 0 Å². The SMILES string of the molecule is CC1(C)c2ccc(-c3ccc4cc(-c5c6ccccc6c(-c6ccc7ccccc7c6)c6ccccc56)ccc4c3)cc2-c2cc3cc4c(cc3cc21)oc1ccccc14. The fraction of sp³-hybridized carbons (Fsp3) is 0.0508. The van der Waals surface area contributed by atoms with Gasteiger partial charge in [-0.05, 0) is 164 Å². The fourth-order valence-corrected chi connectivity index (χ4v) is 10.6. The van der Waals surface area contributed by atoms with Crippen molar-refractivity contribution in [3.05, 3.63) is 205 Å². The first-order valence-electron chi connectivity index (χ1n) is 21.0. The van der Waals surface area contributed by atoms with Crippen molar-refractivity contribution in [3.8, 4) is 44.5 Å². The molecule has 1 heterocycles. The standard InChI is InChI=1S/C59H38O/c1-59(2)53-26-25-40(30-50(53)51-31-43-32-52-45-13-9-10-18-55(45)60-56(52)34-44(43)33-54(51)59)38-20-21-39-29-42(24-22-37(39)27-38)58-48-16-7-5-14-46(48)57(47-15-6-8-17-49(47)58)41-23-19-35-11-3-4-12-36(35)28-41/h3-34H,1-2H3. The van der Waals surface area contributed by atoms with Gasteiger partial charge in [0.15, 0.2) is 0 Å². The van der Waals surface area contributed by atoms with E-state index in [-0.39, 0.29) is 5.41 Å². The molecule has 1 heteroatoms. The van der Waals surface area contributed by atoms with Crippen molar-refractivity contribution in [1.82, 2.24) is 0 Å². The molecule has 0 aliphatic heterocycles. The summed E-state index contributed by atoms with van der Waals surface area (Å²) in [6.45, 7) is 4.72. The van der Waals surface area contributed by atoms with Crippen molar-refractivity contribution in [1.29, 1.82) is 0 Å². The molecule has 60 heavy (non-hydrogen) atoms. The Balaban J connectivity index is 0.918. The Kier molecular flexibility index (Phi) is 6.85. The van der Waals surface area contributed by atoms with E-state index in [1.54, 1.807) is 0 Å². The molecule has 0 amide bonds. The predicted molar refractivity (Wildman–Crippen MR) is 255 cm³/mol. The molecule has 0 fully saturated rings. The lowest BCUT2D eigenvalue weighted by atomic mass is 9.81. The van der Waals surface area contributed by atoms with Gasteiger partial charge in [-0.3, -0.25) is 0 Å². The molecule has 1 aliphatic carbocycles. The normalized spacial score (nSPS) is 13.3. The van der Waals surface area contributed by atoms with Gasteiger partial charge in [0.2, 0.25) is 0 Å². The molecule has 11 aromatic carbocycles. The summed E-state index contributed by atoms with van der Waals surface area (Å²) < 4.78 is 6.28. The van der Waals surface area contributed by atoms with Crippen LogP contribution in [0.25, 0.3) is 120 Å². The Labute approximate surface area is 347 Å². The Morgan fingerprint density at radius 1 is 0.300 bits per heavy atom. The Morgan fingerprint density at radius 2 is 0.783 bits per heavy atom. The molecule has 1 aromatic heterocycles. The maximum atomic E-state index is 6.28. The molecular formula is C59H38O. The zero-order valence-corrected chi connectivity index (χ0v) is 33.4. The summed E-state index contributed by atoms with van der Waals surface area (Å²) in [6.07, 6.45) is 0. The lowest BCUT2D eigenvalue weighted by Crippen LogP contribution is -2.14. The Hall–Kier alpha value is -7.48. The molecule has 0 radical (unpaired) electrons. The molecule has 0 unspecified atom stereocenters. The maximum Gasteiger partial charge on any atom is 0.136 e. The first-order valence-corrected chi connectivity index (χ1v) is 21.0. The number of hydrogen-bond acceptors (Lipinski definition) is 1. The largest absolute Gasteiger partial charge is 0.456 e. The molecule has 13 rings (SSSR count). The van der Waals surface area contributed by atoms with Crippen molar-refractivity contribution in [2.75, 3.05) is 0 Å². The average molecular weight is 763 g/mol. The van der Waals surface area contributed by atoms with Crippen LogP contribution in [0.15, 0.2) is 199 Å².